The molecule has 0 aliphatic carbocycles. The molecule has 0 atom stereocenters. The van der Waals surface area contributed by atoms with Gasteiger partial charge >= 0.3 is 0 Å². The SMILES string of the molecule is C(=Nc1cccc2ccccc12)OC=Nc1cccc2ccccc12. The number of hydrogen-bond donors (Lipinski definition) is 0. The maximum Gasteiger partial charge on any atom is 0.183 e. The Kier molecular flexibility index (Phi) is 4.21. The summed E-state index contributed by atoms with van der Waals surface area (Å²) in [6.07, 6.45) is 2.83. The van der Waals surface area contributed by atoms with E-state index < -0.39 is 0 Å². The first-order chi connectivity index (χ1) is 12.4. The van der Waals surface area contributed by atoms with Crippen LogP contribution in [0.15, 0.2) is 94.9 Å². The molecule has 0 radical (unpaired) electrons. The van der Waals surface area contributed by atoms with E-state index in [2.05, 4.69) is 34.3 Å². The molecule has 0 amide bonds. The van der Waals surface area contributed by atoms with Crippen LogP contribution in [0, 0.1) is 0 Å². The summed E-state index contributed by atoms with van der Waals surface area (Å²) in [7, 11) is 0. The first-order valence-corrected chi connectivity index (χ1v) is 8.08. The molecule has 0 saturated heterocycles. The fraction of sp³-hybridized carbons (Fsp3) is 0. The molecule has 4 rings (SSSR count). The lowest BCUT2D eigenvalue weighted by Crippen LogP contribution is -1.83. The zero-order chi connectivity index (χ0) is 16.9. The van der Waals surface area contributed by atoms with Crippen LogP contribution in [0.4, 0.5) is 11.4 Å². The van der Waals surface area contributed by atoms with E-state index in [1.165, 1.54) is 12.8 Å². The summed E-state index contributed by atoms with van der Waals surface area (Å²) in [5.74, 6) is 0. The summed E-state index contributed by atoms with van der Waals surface area (Å²) < 4.78 is 5.36. The highest BCUT2D eigenvalue weighted by atomic mass is 16.5. The van der Waals surface area contributed by atoms with E-state index in [1.807, 2.05) is 60.7 Å². The van der Waals surface area contributed by atoms with Crippen LogP contribution >= 0.6 is 0 Å². The third-order valence-corrected chi connectivity index (χ3v) is 4.04. The van der Waals surface area contributed by atoms with Gasteiger partial charge in [0.2, 0.25) is 0 Å². The third-order valence-electron chi connectivity index (χ3n) is 4.04. The van der Waals surface area contributed by atoms with Crippen molar-refractivity contribution in [1.82, 2.24) is 0 Å². The second-order valence-electron chi connectivity index (χ2n) is 5.60. The van der Waals surface area contributed by atoms with Gasteiger partial charge in [-0.2, -0.15) is 0 Å². The van der Waals surface area contributed by atoms with Crippen molar-refractivity contribution < 1.29 is 4.74 Å². The normalized spacial score (nSPS) is 11.7. The molecule has 0 aliphatic rings. The van der Waals surface area contributed by atoms with Gasteiger partial charge in [-0.3, -0.25) is 0 Å². The molecule has 0 spiro atoms. The van der Waals surface area contributed by atoms with E-state index in [9.17, 15) is 0 Å². The Balaban J connectivity index is 1.51. The van der Waals surface area contributed by atoms with Gasteiger partial charge in [0.05, 0.1) is 11.4 Å². The van der Waals surface area contributed by atoms with Gasteiger partial charge in [-0.25, -0.2) is 9.98 Å². The molecule has 4 aromatic rings. The molecule has 3 nitrogen and oxygen atoms in total. The van der Waals surface area contributed by atoms with Crippen LogP contribution in [0.5, 0.6) is 0 Å². The number of ether oxygens (including phenoxy) is 1. The molecule has 3 heteroatoms. The average molecular weight is 324 g/mol. The van der Waals surface area contributed by atoms with Gasteiger partial charge in [0.1, 0.15) is 0 Å². The Morgan fingerprint density at radius 3 is 1.48 bits per heavy atom. The largest absolute Gasteiger partial charge is 0.434 e. The Morgan fingerprint density at radius 1 is 0.520 bits per heavy atom. The van der Waals surface area contributed by atoms with Gasteiger partial charge in [-0.1, -0.05) is 72.8 Å². The van der Waals surface area contributed by atoms with Crippen LogP contribution in [0.3, 0.4) is 0 Å². The second kappa shape index (κ2) is 6.97. The molecule has 0 aromatic heterocycles. The first kappa shape index (κ1) is 15.1. The lowest BCUT2D eigenvalue weighted by molar-refractivity contribution is 0.595. The third kappa shape index (κ3) is 3.26. The van der Waals surface area contributed by atoms with Crippen LogP contribution in [0.2, 0.25) is 0 Å². The predicted octanol–water partition coefficient (Wildman–Crippen LogP) is 6.03. The highest BCUT2D eigenvalue weighted by Gasteiger charge is 1.98. The lowest BCUT2D eigenvalue weighted by Gasteiger charge is -2.01. The lowest BCUT2D eigenvalue weighted by atomic mass is 10.1. The van der Waals surface area contributed by atoms with Gasteiger partial charge in [0, 0.05) is 10.8 Å². The fourth-order valence-corrected chi connectivity index (χ4v) is 2.84. The van der Waals surface area contributed by atoms with Crippen molar-refractivity contribution in [2.45, 2.75) is 0 Å². The Labute approximate surface area is 145 Å². The van der Waals surface area contributed by atoms with Crippen molar-refractivity contribution in [3.63, 3.8) is 0 Å². The zero-order valence-electron chi connectivity index (χ0n) is 13.5. The molecule has 0 saturated carbocycles. The van der Waals surface area contributed by atoms with Crippen molar-refractivity contribution in [3.8, 4) is 0 Å². The van der Waals surface area contributed by atoms with Crippen LogP contribution in [0.1, 0.15) is 0 Å². The minimum atomic E-state index is 0.872. The smallest absolute Gasteiger partial charge is 0.183 e. The summed E-state index contributed by atoms with van der Waals surface area (Å²) in [6, 6.07) is 28.3. The number of benzene rings is 4. The summed E-state index contributed by atoms with van der Waals surface area (Å²) >= 11 is 0. The minimum absolute atomic E-state index is 0.872. The topological polar surface area (TPSA) is 34.0 Å². The molecule has 0 fully saturated rings. The highest BCUT2D eigenvalue weighted by Crippen LogP contribution is 2.26. The molecule has 0 heterocycles. The summed E-state index contributed by atoms with van der Waals surface area (Å²) in [6.45, 7) is 0. The maximum absolute atomic E-state index is 5.36. The number of rotatable bonds is 4. The minimum Gasteiger partial charge on any atom is -0.434 e. The molecule has 0 N–H and O–H groups in total. The number of hydrogen-bond acceptors (Lipinski definition) is 3. The van der Waals surface area contributed by atoms with Crippen molar-refractivity contribution in [1.29, 1.82) is 0 Å². The van der Waals surface area contributed by atoms with E-state index >= 15 is 0 Å². The Bertz CT molecular complexity index is 986. The highest BCUT2D eigenvalue weighted by molar-refractivity contribution is 5.94. The second-order valence-corrected chi connectivity index (χ2v) is 5.60. The van der Waals surface area contributed by atoms with Crippen LogP contribution in [-0.2, 0) is 4.74 Å². The average Bonchev–Trinajstić information content (AvgIpc) is 2.68. The summed E-state index contributed by atoms with van der Waals surface area (Å²) in [4.78, 5) is 8.78. The van der Waals surface area contributed by atoms with Gasteiger partial charge in [-0.05, 0) is 22.9 Å². The molecular formula is C22H16N2O. The van der Waals surface area contributed by atoms with Crippen molar-refractivity contribution in [2.24, 2.45) is 9.98 Å². The summed E-state index contributed by atoms with van der Waals surface area (Å²) in [5.41, 5.74) is 1.74. The van der Waals surface area contributed by atoms with Crippen molar-refractivity contribution in [2.75, 3.05) is 0 Å². The van der Waals surface area contributed by atoms with E-state index in [0.29, 0.717) is 0 Å². The molecule has 120 valence electrons. The van der Waals surface area contributed by atoms with Crippen LogP contribution < -0.4 is 0 Å². The molecule has 0 aliphatic heterocycles. The summed E-state index contributed by atoms with van der Waals surface area (Å²) in [5, 5.41) is 4.50. The van der Waals surface area contributed by atoms with Gasteiger partial charge < -0.3 is 4.74 Å². The number of fused-ring (bicyclic) bond motifs is 2. The monoisotopic (exact) mass is 324 g/mol. The van der Waals surface area contributed by atoms with Crippen LogP contribution in [0.25, 0.3) is 21.5 Å². The van der Waals surface area contributed by atoms with Gasteiger partial charge in [0.25, 0.3) is 0 Å². The molecule has 0 bridgehead atoms. The van der Waals surface area contributed by atoms with Crippen molar-refractivity contribution >= 4 is 45.7 Å². The van der Waals surface area contributed by atoms with Gasteiger partial charge in [0.15, 0.2) is 12.8 Å². The van der Waals surface area contributed by atoms with Gasteiger partial charge in [-0.15, -0.1) is 0 Å². The Hall–Kier alpha value is -3.46. The number of aliphatic imine (C=N–C) groups is 2. The van der Waals surface area contributed by atoms with E-state index in [-0.39, 0.29) is 0 Å². The van der Waals surface area contributed by atoms with E-state index in [4.69, 9.17) is 4.74 Å². The number of nitrogens with zero attached hydrogens (tertiary/aromatic N) is 2. The van der Waals surface area contributed by atoms with Crippen LogP contribution in [-0.4, -0.2) is 12.8 Å². The molecule has 25 heavy (non-hydrogen) atoms. The standard InChI is InChI=1S/C22H16N2O/c1-3-11-19-17(7-1)9-5-13-21(19)23-15-25-16-24-22-14-6-10-18-8-2-4-12-20(18)22/h1-16H. The quantitative estimate of drug-likeness (QED) is 0.333. The Morgan fingerprint density at radius 2 is 0.960 bits per heavy atom. The maximum atomic E-state index is 5.36. The molecule has 4 aromatic carbocycles. The first-order valence-electron chi connectivity index (χ1n) is 8.08. The van der Waals surface area contributed by atoms with Crippen molar-refractivity contribution in [3.05, 3.63) is 84.9 Å². The van der Waals surface area contributed by atoms with E-state index in [1.54, 1.807) is 0 Å². The molecular weight excluding hydrogens is 308 g/mol. The molecule has 0 unspecified atom stereocenters. The zero-order valence-corrected chi connectivity index (χ0v) is 13.5. The van der Waals surface area contributed by atoms with E-state index in [0.717, 1.165) is 32.9 Å². The fourth-order valence-electron chi connectivity index (χ4n) is 2.84. The predicted molar refractivity (Wildman–Crippen MR) is 105 cm³/mol.